The first-order valence-electron chi connectivity index (χ1n) is 7.42. The number of hydrogen-bond acceptors (Lipinski definition) is 2. The number of fused-ring (bicyclic) bond motifs is 1. The fourth-order valence-corrected chi connectivity index (χ4v) is 2.66. The van der Waals surface area contributed by atoms with Crippen LogP contribution in [-0.2, 0) is 13.0 Å². The number of benzene rings is 1. The predicted octanol–water partition coefficient (Wildman–Crippen LogP) is 3.42. The Morgan fingerprint density at radius 1 is 1.42 bits per heavy atom. The Morgan fingerprint density at radius 2 is 2.21 bits per heavy atom. The lowest BCUT2D eigenvalue weighted by atomic mass is 10.1. The molecule has 1 aliphatic rings. The maximum Gasteiger partial charge on any atom is 0.110 e. The van der Waals surface area contributed by atoms with E-state index in [1.807, 2.05) is 0 Å². The van der Waals surface area contributed by atoms with Crippen LogP contribution in [0.1, 0.15) is 50.5 Å². The van der Waals surface area contributed by atoms with Crippen molar-refractivity contribution < 1.29 is 0 Å². The third kappa shape index (κ3) is 2.39. The molecule has 1 aromatic heterocycles. The quantitative estimate of drug-likeness (QED) is 0.892. The van der Waals surface area contributed by atoms with Crippen molar-refractivity contribution in [2.75, 3.05) is 0 Å². The van der Waals surface area contributed by atoms with Crippen molar-refractivity contribution in [3.63, 3.8) is 0 Å². The number of aromatic nitrogens is 2. The average molecular weight is 257 g/mol. The highest BCUT2D eigenvalue weighted by atomic mass is 15.1. The fraction of sp³-hybridized carbons (Fsp3) is 0.562. The van der Waals surface area contributed by atoms with Crippen LogP contribution in [0.15, 0.2) is 18.2 Å². The van der Waals surface area contributed by atoms with E-state index in [9.17, 15) is 0 Å². The fourth-order valence-electron chi connectivity index (χ4n) is 2.66. The minimum atomic E-state index is 0.590. The topological polar surface area (TPSA) is 43.8 Å². The first-order chi connectivity index (χ1) is 9.22. The van der Waals surface area contributed by atoms with Gasteiger partial charge in [-0.25, -0.2) is 4.98 Å². The first kappa shape index (κ1) is 12.7. The molecule has 2 aromatic rings. The number of nitrogens with zero attached hydrogens (tertiary/aromatic N) is 2. The first-order valence-corrected chi connectivity index (χ1v) is 7.42. The van der Waals surface area contributed by atoms with E-state index in [2.05, 4.69) is 36.6 Å². The van der Waals surface area contributed by atoms with E-state index in [1.54, 1.807) is 0 Å². The Kier molecular flexibility index (Phi) is 3.31. The minimum absolute atomic E-state index is 0.590. The monoisotopic (exact) mass is 257 g/mol. The van der Waals surface area contributed by atoms with Gasteiger partial charge in [0.2, 0.25) is 0 Å². The lowest BCUT2D eigenvalue weighted by Gasteiger charge is -2.11. The zero-order valence-corrected chi connectivity index (χ0v) is 11.9. The van der Waals surface area contributed by atoms with Gasteiger partial charge in [0.15, 0.2) is 0 Å². The van der Waals surface area contributed by atoms with E-state index >= 15 is 0 Å². The van der Waals surface area contributed by atoms with Crippen molar-refractivity contribution in [3.8, 4) is 0 Å². The highest BCUT2D eigenvalue weighted by Crippen LogP contribution is 2.39. The SMILES string of the molecule is CCC(C)Cc1nc2cc(CN)ccc2n1C1CC1. The predicted molar refractivity (Wildman–Crippen MR) is 79.1 cm³/mol. The van der Waals surface area contributed by atoms with E-state index < -0.39 is 0 Å². The Morgan fingerprint density at radius 3 is 2.84 bits per heavy atom. The molecule has 0 aliphatic heterocycles. The molecule has 0 amide bonds. The second-order valence-electron chi connectivity index (χ2n) is 5.87. The molecule has 1 heterocycles. The van der Waals surface area contributed by atoms with Gasteiger partial charge in [0.05, 0.1) is 11.0 Å². The number of imidazole rings is 1. The maximum atomic E-state index is 5.73. The lowest BCUT2D eigenvalue weighted by Crippen LogP contribution is -2.06. The largest absolute Gasteiger partial charge is 0.326 e. The third-order valence-corrected chi connectivity index (χ3v) is 4.20. The highest BCUT2D eigenvalue weighted by molar-refractivity contribution is 5.77. The summed E-state index contributed by atoms with van der Waals surface area (Å²) in [4.78, 5) is 4.88. The molecule has 0 spiro atoms. The van der Waals surface area contributed by atoms with Crippen LogP contribution in [0.3, 0.4) is 0 Å². The second-order valence-corrected chi connectivity index (χ2v) is 5.87. The molecule has 1 atom stereocenters. The maximum absolute atomic E-state index is 5.73. The van der Waals surface area contributed by atoms with Gasteiger partial charge in [-0.3, -0.25) is 0 Å². The zero-order valence-electron chi connectivity index (χ0n) is 11.9. The van der Waals surface area contributed by atoms with Gasteiger partial charge < -0.3 is 10.3 Å². The minimum Gasteiger partial charge on any atom is -0.326 e. The van der Waals surface area contributed by atoms with Crippen LogP contribution < -0.4 is 5.73 Å². The van der Waals surface area contributed by atoms with Crippen LogP contribution in [0.2, 0.25) is 0 Å². The summed E-state index contributed by atoms with van der Waals surface area (Å²) in [6.07, 6.45) is 4.90. The van der Waals surface area contributed by atoms with Gasteiger partial charge in [0.25, 0.3) is 0 Å². The summed E-state index contributed by atoms with van der Waals surface area (Å²) in [5.74, 6) is 1.96. The van der Waals surface area contributed by atoms with Crippen molar-refractivity contribution in [1.29, 1.82) is 0 Å². The molecular formula is C16H23N3. The van der Waals surface area contributed by atoms with Crippen LogP contribution >= 0.6 is 0 Å². The summed E-state index contributed by atoms with van der Waals surface area (Å²) < 4.78 is 2.47. The summed E-state index contributed by atoms with van der Waals surface area (Å²) >= 11 is 0. The van der Waals surface area contributed by atoms with Gasteiger partial charge in [0, 0.05) is 19.0 Å². The average Bonchev–Trinajstić information content (AvgIpc) is 3.19. The molecule has 1 fully saturated rings. The Hall–Kier alpha value is -1.35. The third-order valence-electron chi connectivity index (χ3n) is 4.20. The van der Waals surface area contributed by atoms with E-state index in [4.69, 9.17) is 10.7 Å². The molecule has 0 bridgehead atoms. The van der Waals surface area contributed by atoms with Gasteiger partial charge >= 0.3 is 0 Å². The normalized spacial score (nSPS) is 17.0. The molecule has 0 radical (unpaired) electrons. The molecule has 102 valence electrons. The summed E-state index contributed by atoms with van der Waals surface area (Å²) in [5.41, 5.74) is 9.30. The number of rotatable bonds is 5. The molecule has 1 aromatic carbocycles. The molecule has 0 saturated heterocycles. The molecule has 3 rings (SSSR count). The molecule has 19 heavy (non-hydrogen) atoms. The van der Waals surface area contributed by atoms with Crippen LogP contribution in [-0.4, -0.2) is 9.55 Å². The molecule has 3 nitrogen and oxygen atoms in total. The van der Waals surface area contributed by atoms with E-state index in [0.717, 1.165) is 11.9 Å². The van der Waals surface area contributed by atoms with Crippen LogP contribution in [0, 0.1) is 5.92 Å². The van der Waals surface area contributed by atoms with E-state index in [0.29, 0.717) is 18.5 Å². The Bertz CT molecular complexity index is 581. The molecule has 1 aliphatic carbocycles. The van der Waals surface area contributed by atoms with Gasteiger partial charge in [-0.05, 0) is 36.5 Å². The summed E-state index contributed by atoms with van der Waals surface area (Å²) in [6, 6.07) is 7.17. The van der Waals surface area contributed by atoms with Crippen LogP contribution in [0.4, 0.5) is 0 Å². The van der Waals surface area contributed by atoms with Crippen LogP contribution in [0.25, 0.3) is 11.0 Å². The number of hydrogen-bond donors (Lipinski definition) is 1. The summed E-state index contributed by atoms with van der Waals surface area (Å²) in [7, 11) is 0. The lowest BCUT2D eigenvalue weighted by molar-refractivity contribution is 0.525. The highest BCUT2D eigenvalue weighted by Gasteiger charge is 2.28. The van der Waals surface area contributed by atoms with Crippen molar-refractivity contribution in [2.45, 2.75) is 52.1 Å². The van der Waals surface area contributed by atoms with E-state index in [-0.39, 0.29) is 0 Å². The number of nitrogens with two attached hydrogens (primary N) is 1. The van der Waals surface area contributed by atoms with Gasteiger partial charge in [-0.2, -0.15) is 0 Å². The molecule has 2 N–H and O–H groups in total. The molecule has 1 saturated carbocycles. The second kappa shape index (κ2) is 4.97. The zero-order chi connectivity index (χ0) is 13.4. The Labute approximate surface area is 114 Å². The van der Waals surface area contributed by atoms with Crippen molar-refractivity contribution in [2.24, 2.45) is 11.7 Å². The van der Waals surface area contributed by atoms with Crippen molar-refractivity contribution in [3.05, 3.63) is 29.6 Å². The Balaban J connectivity index is 2.06. The molecular weight excluding hydrogens is 234 g/mol. The van der Waals surface area contributed by atoms with Crippen LogP contribution in [0.5, 0.6) is 0 Å². The van der Waals surface area contributed by atoms with Gasteiger partial charge in [-0.1, -0.05) is 26.3 Å². The van der Waals surface area contributed by atoms with E-state index in [1.165, 1.54) is 36.2 Å². The smallest absolute Gasteiger partial charge is 0.110 e. The molecule has 1 unspecified atom stereocenters. The van der Waals surface area contributed by atoms with Crippen molar-refractivity contribution in [1.82, 2.24) is 9.55 Å². The standard InChI is InChI=1S/C16H23N3/c1-3-11(2)8-16-18-14-9-12(10-17)4-7-15(14)19(16)13-5-6-13/h4,7,9,11,13H,3,5-6,8,10,17H2,1-2H3. The van der Waals surface area contributed by atoms with Gasteiger partial charge in [-0.15, -0.1) is 0 Å². The van der Waals surface area contributed by atoms with Crippen molar-refractivity contribution >= 4 is 11.0 Å². The van der Waals surface area contributed by atoms with Gasteiger partial charge in [0.1, 0.15) is 5.82 Å². The molecule has 3 heteroatoms. The summed E-state index contributed by atoms with van der Waals surface area (Å²) in [6.45, 7) is 5.15. The summed E-state index contributed by atoms with van der Waals surface area (Å²) in [5, 5.41) is 0.